The van der Waals surface area contributed by atoms with Gasteiger partial charge in [-0.3, -0.25) is 4.79 Å². The molecule has 0 spiro atoms. The quantitative estimate of drug-likeness (QED) is 0.715. The van der Waals surface area contributed by atoms with Gasteiger partial charge in [0.1, 0.15) is 12.4 Å². The molecule has 3 N–H and O–H groups in total. The Morgan fingerprint density at radius 3 is 2.80 bits per heavy atom. The molecule has 0 aromatic heterocycles. The molecule has 5 nitrogen and oxygen atoms in total. The van der Waals surface area contributed by atoms with Gasteiger partial charge in [0.15, 0.2) is 0 Å². The summed E-state index contributed by atoms with van der Waals surface area (Å²) in [5.41, 5.74) is 6.21. The van der Waals surface area contributed by atoms with Crippen molar-refractivity contribution in [1.82, 2.24) is 5.32 Å². The lowest BCUT2D eigenvalue weighted by Crippen LogP contribution is -2.28. The molecule has 0 heterocycles. The van der Waals surface area contributed by atoms with Gasteiger partial charge in [0.05, 0.1) is 6.61 Å². The van der Waals surface area contributed by atoms with Crippen LogP contribution in [0.15, 0.2) is 24.3 Å². The van der Waals surface area contributed by atoms with Gasteiger partial charge in [-0.15, -0.1) is 12.4 Å². The number of nitrogens with one attached hydrogen (secondary N) is 1. The lowest BCUT2D eigenvalue weighted by atomic mass is 10.2. The van der Waals surface area contributed by atoms with Crippen molar-refractivity contribution in [1.29, 1.82) is 0 Å². The zero-order valence-corrected chi connectivity index (χ0v) is 12.7. The third kappa shape index (κ3) is 7.33. The highest BCUT2D eigenvalue weighted by Gasteiger charge is 2.06. The Morgan fingerprint density at radius 2 is 2.15 bits per heavy atom. The maximum absolute atomic E-state index is 11.9. The molecule has 0 bridgehead atoms. The van der Waals surface area contributed by atoms with Gasteiger partial charge in [0, 0.05) is 25.3 Å². The molecule has 20 heavy (non-hydrogen) atoms. The van der Waals surface area contributed by atoms with Crippen molar-refractivity contribution < 1.29 is 14.3 Å². The highest BCUT2D eigenvalue weighted by Crippen LogP contribution is 2.13. The van der Waals surface area contributed by atoms with Crippen LogP contribution < -0.4 is 15.8 Å². The van der Waals surface area contributed by atoms with Crippen LogP contribution in [0.5, 0.6) is 5.75 Å². The fourth-order valence-corrected chi connectivity index (χ4v) is 1.49. The Labute approximate surface area is 126 Å². The summed E-state index contributed by atoms with van der Waals surface area (Å²) < 4.78 is 10.4. The molecule has 1 rings (SSSR count). The molecule has 0 aliphatic heterocycles. The average Bonchev–Trinajstić information content (AvgIpc) is 2.39. The summed E-state index contributed by atoms with van der Waals surface area (Å²) in [7, 11) is 1.62. The number of rotatable bonds is 8. The van der Waals surface area contributed by atoms with Crippen molar-refractivity contribution in [2.24, 2.45) is 5.73 Å². The number of benzene rings is 1. The van der Waals surface area contributed by atoms with E-state index in [-0.39, 0.29) is 24.4 Å². The van der Waals surface area contributed by atoms with Gasteiger partial charge in [0.2, 0.25) is 0 Å². The van der Waals surface area contributed by atoms with E-state index < -0.39 is 0 Å². The van der Waals surface area contributed by atoms with Crippen LogP contribution in [0.1, 0.15) is 23.7 Å². The van der Waals surface area contributed by atoms with E-state index in [4.69, 9.17) is 15.2 Å². The van der Waals surface area contributed by atoms with E-state index in [1.54, 1.807) is 25.3 Å². The summed E-state index contributed by atoms with van der Waals surface area (Å²) >= 11 is 0. The maximum atomic E-state index is 11.9. The molecule has 1 aromatic carbocycles. The third-order valence-electron chi connectivity index (χ3n) is 2.54. The number of amides is 1. The first kappa shape index (κ1) is 18.7. The van der Waals surface area contributed by atoms with Crippen LogP contribution in [0.25, 0.3) is 0 Å². The number of nitrogens with two attached hydrogens (primary N) is 1. The van der Waals surface area contributed by atoms with Gasteiger partial charge in [-0.25, -0.2) is 0 Å². The van der Waals surface area contributed by atoms with Crippen molar-refractivity contribution in [2.45, 2.75) is 19.4 Å². The summed E-state index contributed by atoms with van der Waals surface area (Å²) in [4.78, 5) is 11.9. The van der Waals surface area contributed by atoms with Crippen LogP contribution in [0.2, 0.25) is 0 Å². The lowest BCUT2D eigenvalue weighted by Gasteiger charge is -2.09. The van der Waals surface area contributed by atoms with Gasteiger partial charge in [-0.1, -0.05) is 6.07 Å². The predicted molar refractivity (Wildman–Crippen MR) is 81.7 cm³/mol. The first-order chi connectivity index (χ1) is 9.13. The van der Waals surface area contributed by atoms with E-state index in [2.05, 4.69) is 5.32 Å². The van der Waals surface area contributed by atoms with Gasteiger partial charge in [-0.2, -0.15) is 0 Å². The second-order valence-corrected chi connectivity index (χ2v) is 4.39. The number of carbonyl (C=O) groups excluding carboxylic acids is 1. The van der Waals surface area contributed by atoms with Crippen LogP contribution in [0.3, 0.4) is 0 Å². The first-order valence-corrected chi connectivity index (χ1v) is 6.39. The Bertz CT molecular complexity index is 400. The summed E-state index contributed by atoms with van der Waals surface area (Å²) in [6.07, 6.45) is 0.760. The monoisotopic (exact) mass is 302 g/mol. The fourth-order valence-electron chi connectivity index (χ4n) is 1.49. The molecule has 1 unspecified atom stereocenters. The smallest absolute Gasteiger partial charge is 0.251 e. The second kappa shape index (κ2) is 10.5. The molecule has 114 valence electrons. The van der Waals surface area contributed by atoms with E-state index in [0.717, 1.165) is 6.42 Å². The number of hydrogen-bond acceptors (Lipinski definition) is 4. The first-order valence-electron chi connectivity index (χ1n) is 6.39. The molecule has 1 amide bonds. The number of hydrogen-bond donors (Lipinski definition) is 2. The molecule has 1 atom stereocenters. The van der Waals surface area contributed by atoms with Crippen LogP contribution >= 0.6 is 12.4 Å². The minimum absolute atomic E-state index is 0. The highest BCUT2D eigenvalue weighted by molar-refractivity contribution is 5.94. The largest absolute Gasteiger partial charge is 0.491 e. The predicted octanol–water partition coefficient (Wildman–Crippen LogP) is 1.60. The lowest BCUT2D eigenvalue weighted by molar-refractivity contribution is 0.0952. The molecule has 1 aromatic rings. The Kier molecular flexibility index (Phi) is 9.80. The topological polar surface area (TPSA) is 73.6 Å². The molecule has 6 heteroatoms. The molecule has 0 radical (unpaired) electrons. The SMILES string of the molecule is COCCOc1cccc(C(=O)NCCC(C)N)c1.Cl. The van der Waals surface area contributed by atoms with E-state index in [9.17, 15) is 4.79 Å². The van der Waals surface area contributed by atoms with Crippen molar-refractivity contribution in [2.75, 3.05) is 26.9 Å². The van der Waals surface area contributed by atoms with E-state index in [0.29, 0.717) is 31.1 Å². The normalized spacial score (nSPS) is 11.3. The van der Waals surface area contributed by atoms with Gasteiger partial charge >= 0.3 is 0 Å². The Balaban J connectivity index is 0.00000361. The molecular weight excluding hydrogens is 280 g/mol. The number of halogens is 1. The van der Waals surface area contributed by atoms with Crippen molar-refractivity contribution in [3.63, 3.8) is 0 Å². The fraction of sp³-hybridized carbons (Fsp3) is 0.500. The summed E-state index contributed by atoms with van der Waals surface area (Å²) in [6.45, 7) is 3.47. The number of carbonyl (C=O) groups is 1. The van der Waals surface area contributed by atoms with Crippen molar-refractivity contribution in [3.8, 4) is 5.75 Å². The molecule has 0 aliphatic rings. The average molecular weight is 303 g/mol. The zero-order chi connectivity index (χ0) is 14.1. The van der Waals surface area contributed by atoms with Crippen LogP contribution in [0, 0.1) is 0 Å². The van der Waals surface area contributed by atoms with Gasteiger partial charge < -0.3 is 20.5 Å². The Hall–Kier alpha value is -1.30. The number of ether oxygens (including phenoxy) is 2. The van der Waals surface area contributed by atoms with Crippen molar-refractivity contribution >= 4 is 18.3 Å². The summed E-state index contributed by atoms with van der Waals surface area (Å²) in [6, 6.07) is 7.17. The van der Waals surface area contributed by atoms with Crippen LogP contribution in [-0.2, 0) is 4.74 Å². The van der Waals surface area contributed by atoms with E-state index in [1.165, 1.54) is 0 Å². The molecule has 0 saturated carbocycles. The molecule has 0 saturated heterocycles. The zero-order valence-electron chi connectivity index (χ0n) is 11.9. The molecule has 0 aliphatic carbocycles. The van der Waals surface area contributed by atoms with Crippen LogP contribution in [0.4, 0.5) is 0 Å². The van der Waals surface area contributed by atoms with Gasteiger partial charge in [-0.05, 0) is 31.5 Å². The highest BCUT2D eigenvalue weighted by atomic mass is 35.5. The standard InChI is InChI=1S/C14H22N2O3.ClH/c1-11(15)6-7-16-14(17)12-4-3-5-13(10-12)19-9-8-18-2;/h3-5,10-11H,6-9,15H2,1-2H3,(H,16,17);1H. The van der Waals surface area contributed by atoms with Crippen LogP contribution in [-0.4, -0.2) is 38.8 Å². The maximum Gasteiger partial charge on any atom is 0.251 e. The van der Waals surface area contributed by atoms with E-state index in [1.807, 2.05) is 13.0 Å². The second-order valence-electron chi connectivity index (χ2n) is 4.39. The number of methoxy groups -OCH3 is 1. The molecular formula is C14H23ClN2O3. The van der Waals surface area contributed by atoms with Gasteiger partial charge in [0.25, 0.3) is 5.91 Å². The van der Waals surface area contributed by atoms with E-state index >= 15 is 0 Å². The molecule has 0 fully saturated rings. The summed E-state index contributed by atoms with van der Waals surface area (Å²) in [5, 5.41) is 2.83. The minimum Gasteiger partial charge on any atom is -0.491 e. The summed E-state index contributed by atoms with van der Waals surface area (Å²) in [5.74, 6) is 0.551. The Morgan fingerprint density at radius 1 is 1.40 bits per heavy atom. The minimum atomic E-state index is -0.113. The van der Waals surface area contributed by atoms with Crippen molar-refractivity contribution in [3.05, 3.63) is 29.8 Å². The third-order valence-corrected chi connectivity index (χ3v) is 2.54.